The lowest BCUT2D eigenvalue weighted by Gasteiger charge is -2.23. The number of hydrogen-bond acceptors (Lipinski definition) is 5. The summed E-state index contributed by atoms with van der Waals surface area (Å²) in [5.74, 6) is 0.654. The van der Waals surface area contributed by atoms with Crippen molar-refractivity contribution in [2.24, 2.45) is 11.7 Å². The Morgan fingerprint density at radius 2 is 2.22 bits per heavy atom. The zero-order chi connectivity index (χ0) is 13.1. The summed E-state index contributed by atoms with van der Waals surface area (Å²) in [6, 6.07) is 0.694. The first-order valence-electron chi connectivity index (χ1n) is 6.60. The Morgan fingerprint density at radius 3 is 2.72 bits per heavy atom. The predicted octanol–water partition coefficient (Wildman–Crippen LogP) is 2.37. The summed E-state index contributed by atoms with van der Waals surface area (Å²) >= 11 is 1.73. The number of methoxy groups -OCH3 is 1. The number of nitrogens with zero attached hydrogens (tertiary/aromatic N) is 2. The summed E-state index contributed by atoms with van der Waals surface area (Å²) in [4.78, 5) is 8.33. The van der Waals surface area contributed by atoms with E-state index in [0.717, 1.165) is 22.2 Å². The van der Waals surface area contributed by atoms with Gasteiger partial charge in [0, 0.05) is 31.1 Å². The van der Waals surface area contributed by atoms with E-state index >= 15 is 0 Å². The average Bonchev–Trinajstić information content (AvgIpc) is 3.08. The number of rotatable bonds is 7. The molecule has 0 amide bonds. The zero-order valence-corrected chi connectivity index (χ0v) is 12.3. The smallest absolute Gasteiger partial charge is 0.186 e. The first-order valence-corrected chi connectivity index (χ1v) is 7.41. The van der Waals surface area contributed by atoms with E-state index in [0.29, 0.717) is 25.1 Å². The molecule has 1 aromatic heterocycles. The molecular weight excluding hydrogens is 246 g/mol. The Labute approximate surface area is 113 Å². The summed E-state index contributed by atoms with van der Waals surface area (Å²) in [6.07, 6.45) is 2.59. The van der Waals surface area contributed by atoms with Crippen LogP contribution in [0.15, 0.2) is 0 Å². The van der Waals surface area contributed by atoms with Gasteiger partial charge in [0.2, 0.25) is 0 Å². The van der Waals surface area contributed by atoms with Crippen molar-refractivity contribution < 1.29 is 4.74 Å². The molecule has 0 aliphatic heterocycles. The minimum absolute atomic E-state index is 0.552. The van der Waals surface area contributed by atoms with Crippen LogP contribution in [0.5, 0.6) is 0 Å². The van der Waals surface area contributed by atoms with Gasteiger partial charge in [-0.2, -0.15) is 0 Å². The molecule has 1 saturated carbocycles. The molecule has 2 rings (SSSR count). The highest BCUT2D eigenvalue weighted by Gasteiger charge is 2.31. The normalized spacial score (nSPS) is 15.4. The van der Waals surface area contributed by atoms with Crippen molar-refractivity contribution in [2.75, 3.05) is 18.6 Å². The van der Waals surface area contributed by atoms with Gasteiger partial charge in [0.25, 0.3) is 0 Å². The predicted molar refractivity (Wildman–Crippen MR) is 75.9 cm³/mol. The van der Waals surface area contributed by atoms with E-state index in [2.05, 4.69) is 18.7 Å². The molecule has 0 spiro atoms. The van der Waals surface area contributed by atoms with Crippen LogP contribution in [-0.4, -0.2) is 24.7 Å². The van der Waals surface area contributed by atoms with Gasteiger partial charge in [-0.3, -0.25) is 0 Å². The molecule has 0 aromatic carbocycles. The lowest BCUT2D eigenvalue weighted by molar-refractivity contribution is 0.181. The van der Waals surface area contributed by atoms with E-state index in [4.69, 9.17) is 15.5 Å². The van der Waals surface area contributed by atoms with Gasteiger partial charge in [-0.15, -0.1) is 11.3 Å². The number of thiazole rings is 1. The van der Waals surface area contributed by atoms with E-state index in [1.54, 1.807) is 18.4 Å². The van der Waals surface area contributed by atoms with Crippen molar-refractivity contribution in [3.8, 4) is 0 Å². The van der Waals surface area contributed by atoms with Gasteiger partial charge in [-0.05, 0) is 18.8 Å². The maximum atomic E-state index is 5.78. The highest BCUT2D eigenvalue weighted by atomic mass is 32.1. The maximum Gasteiger partial charge on any atom is 0.186 e. The fourth-order valence-electron chi connectivity index (χ4n) is 2.06. The molecule has 1 fully saturated rings. The van der Waals surface area contributed by atoms with Crippen LogP contribution in [0.4, 0.5) is 5.13 Å². The molecule has 0 unspecified atom stereocenters. The molecule has 0 radical (unpaired) electrons. The van der Waals surface area contributed by atoms with Crippen LogP contribution in [0.25, 0.3) is 0 Å². The maximum absolute atomic E-state index is 5.78. The molecule has 5 heteroatoms. The first-order chi connectivity index (χ1) is 8.65. The molecule has 1 heterocycles. The van der Waals surface area contributed by atoms with Gasteiger partial charge >= 0.3 is 0 Å². The van der Waals surface area contributed by atoms with Crippen molar-refractivity contribution >= 4 is 16.5 Å². The van der Waals surface area contributed by atoms with E-state index < -0.39 is 0 Å². The Bertz CT molecular complexity index is 388. The van der Waals surface area contributed by atoms with Gasteiger partial charge in [0.1, 0.15) is 0 Å². The minimum atomic E-state index is 0.552. The zero-order valence-electron chi connectivity index (χ0n) is 11.5. The van der Waals surface area contributed by atoms with Crippen LogP contribution in [0.1, 0.15) is 37.3 Å². The molecule has 0 saturated heterocycles. The highest BCUT2D eigenvalue weighted by molar-refractivity contribution is 7.15. The number of hydrogen-bond donors (Lipinski definition) is 1. The van der Waals surface area contributed by atoms with Crippen molar-refractivity contribution in [3.05, 3.63) is 10.6 Å². The molecule has 4 nitrogen and oxygen atoms in total. The second-order valence-corrected chi connectivity index (χ2v) is 6.34. The molecule has 18 heavy (non-hydrogen) atoms. The topological polar surface area (TPSA) is 51.4 Å². The second-order valence-electron chi connectivity index (χ2n) is 5.28. The van der Waals surface area contributed by atoms with Crippen LogP contribution in [0.3, 0.4) is 0 Å². The Balaban J connectivity index is 2.18. The third kappa shape index (κ3) is 3.22. The fourth-order valence-corrected chi connectivity index (χ4v) is 3.09. The third-order valence-corrected chi connectivity index (χ3v) is 4.19. The number of nitrogens with two attached hydrogens (primary N) is 1. The van der Waals surface area contributed by atoms with Crippen molar-refractivity contribution in [3.63, 3.8) is 0 Å². The van der Waals surface area contributed by atoms with Crippen LogP contribution < -0.4 is 10.6 Å². The highest BCUT2D eigenvalue weighted by Crippen LogP contribution is 2.36. The second kappa shape index (κ2) is 5.99. The SMILES string of the molecule is COCc1nc(N(CC(C)C)C2CC2)sc1CN. The molecule has 1 aliphatic rings. The summed E-state index contributed by atoms with van der Waals surface area (Å²) < 4.78 is 5.19. The average molecular weight is 269 g/mol. The Morgan fingerprint density at radius 1 is 1.50 bits per heavy atom. The van der Waals surface area contributed by atoms with Crippen LogP contribution >= 0.6 is 11.3 Å². The van der Waals surface area contributed by atoms with Gasteiger partial charge in [0.15, 0.2) is 5.13 Å². The van der Waals surface area contributed by atoms with Gasteiger partial charge in [0.05, 0.1) is 12.3 Å². The number of aromatic nitrogens is 1. The lowest BCUT2D eigenvalue weighted by atomic mass is 10.2. The lowest BCUT2D eigenvalue weighted by Crippen LogP contribution is -2.29. The van der Waals surface area contributed by atoms with Gasteiger partial charge in [-0.1, -0.05) is 13.8 Å². The summed E-state index contributed by atoms with van der Waals surface area (Å²) in [6.45, 7) is 6.69. The summed E-state index contributed by atoms with van der Waals surface area (Å²) in [7, 11) is 1.70. The van der Waals surface area contributed by atoms with Gasteiger partial charge in [-0.25, -0.2) is 4.98 Å². The van der Waals surface area contributed by atoms with Crippen molar-refractivity contribution in [1.29, 1.82) is 0 Å². The monoisotopic (exact) mass is 269 g/mol. The van der Waals surface area contributed by atoms with E-state index in [1.165, 1.54) is 12.8 Å². The van der Waals surface area contributed by atoms with Crippen molar-refractivity contribution in [1.82, 2.24) is 4.98 Å². The fraction of sp³-hybridized carbons (Fsp3) is 0.769. The molecule has 2 N–H and O–H groups in total. The van der Waals surface area contributed by atoms with Crippen LogP contribution in [0.2, 0.25) is 0 Å². The number of ether oxygens (including phenoxy) is 1. The van der Waals surface area contributed by atoms with Crippen LogP contribution in [-0.2, 0) is 17.9 Å². The van der Waals surface area contributed by atoms with Gasteiger partial charge < -0.3 is 15.4 Å². The molecule has 1 aliphatic carbocycles. The van der Waals surface area contributed by atoms with E-state index in [-0.39, 0.29) is 0 Å². The van der Waals surface area contributed by atoms with Crippen LogP contribution in [0, 0.1) is 5.92 Å². The molecule has 1 aromatic rings. The molecular formula is C13H23N3OS. The molecule has 0 atom stereocenters. The minimum Gasteiger partial charge on any atom is -0.378 e. The number of anilines is 1. The Kier molecular flexibility index (Phi) is 4.59. The molecule has 0 bridgehead atoms. The largest absolute Gasteiger partial charge is 0.378 e. The quantitative estimate of drug-likeness (QED) is 0.825. The standard InChI is InChI=1S/C13H23N3OS/c1-9(2)7-16(10-4-5-10)13-15-11(8-17-3)12(6-14)18-13/h9-10H,4-8,14H2,1-3H3. The summed E-state index contributed by atoms with van der Waals surface area (Å²) in [5, 5.41) is 1.12. The first kappa shape index (κ1) is 13.8. The summed E-state index contributed by atoms with van der Waals surface area (Å²) in [5.41, 5.74) is 6.79. The van der Waals surface area contributed by atoms with E-state index in [9.17, 15) is 0 Å². The Hall–Kier alpha value is -0.650. The van der Waals surface area contributed by atoms with E-state index in [1.807, 2.05) is 0 Å². The molecule has 102 valence electrons. The third-order valence-electron chi connectivity index (χ3n) is 3.03. The van der Waals surface area contributed by atoms with Crippen molar-refractivity contribution in [2.45, 2.75) is 45.9 Å².